The van der Waals surface area contributed by atoms with E-state index in [0.29, 0.717) is 44.3 Å². The van der Waals surface area contributed by atoms with Crippen LogP contribution in [0.25, 0.3) is 0 Å². The van der Waals surface area contributed by atoms with Crippen LogP contribution in [0.15, 0.2) is 60.7 Å². The van der Waals surface area contributed by atoms with Crippen LogP contribution in [0, 0.1) is 5.92 Å². The molecule has 3 rings (SSSR count). The maximum absolute atomic E-state index is 13.5. The first kappa shape index (κ1) is 26.9. The van der Waals surface area contributed by atoms with Gasteiger partial charge in [-0.05, 0) is 49.9 Å². The highest BCUT2D eigenvalue weighted by Crippen LogP contribution is 2.18. The normalized spacial score (nSPS) is 16.7. The largest absolute Gasteiger partial charge is 0.369 e. The van der Waals surface area contributed by atoms with Gasteiger partial charge in [0.2, 0.25) is 17.7 Å². The second-order valence-electron chi connectivity index (χ2n) is 9.10. The number of nitrogens with zero attached hydrogens (tertiary/aromatic N) is 1. The number of unbranched alkanes of at least 4 members (excludes halogenated alkanes) is 1. The Morgan fingerprint density at radius 2 is 1.58 bits per heavy atom. The second kappa shape index (κ2) is 13.4. The van der Waals surface area contributed by atoms with Gasteiger partial charge in [0.25, 0.3) is 5.91 Å². The molecule has 0 saturated carbocycles. The van der Waals surface area contributed by atoms with Crippen LogP contribution in [-0.4, -0.2) is 60.2 Å². The number of nitrogens with two attached hydrogens (primary N) is 2. The molecule has 0 bridgehead atoms. The smallest absolute Gasteiger partial charge is 0.251 e. The Hall–Kier alpha value is -3.72. The summed E-state index contributed by atoms with van der Waals surface area (Å²) in [6.07, 6.45) is 2.54. The summed E-state index contributed by atoms with van der Waals surface area (Å²) in [6, 6.07) is 16.4. The maximum Gasteiger partial charge on any atom is 0.251 e. The minimum atomic E-state index is -0.887. The van der Waals surface area contributed by atoms with Crippen LogP contribution in [-0.2, 0) is 20.8 Å². The minimum absolute atomic E-state index is 0.246. The Bertz CT molecular complexity index is 1030. The molecule has 1 heterocycles. The van der Waals surface area contributed by atoms with Crippen molar-refractivity contribution in [2.45, 2.75) is 44.2 Å². The molecule has 0 aromatic heterocycles. The van der Waals surface area contributed by atoms with Gasteiger partial charge in [0, 0.05) is 25.1 Å². The molecule has 1 unspecified atom stereocenters. The number of rotatable bonds is 12. The topological polar surface area (TPSA) is 148 Å². The molecule has 9 nitrogen and oxygen atoms in total. The van der Waals surface area contributed by atoms with Crippen LogP contribution in [0.3, 0.4) is 0 Å². The van der Waals surface area contributed by atoms with E-state index in [2.05, 4.69) is 10.6 Å². The van der Waals surface area contributed by atoms with Crippen molar-refractivity contribution >= 4 is 23.6 Å². The Kier molecular flexibility index (Phi) is 10.00. The molecule has 1 aliphatic heterocycles. The third-order valence-electron chi connectivity index (χ3n) is 6.40. The van der Waals surface area contributed by atoms with E-state index in [9.17, 15) is 19.2 Å². The van der Waals surface area contributed by atoms with E-state index in [1.807, 2.05) is 36.4 Å². The van der Waals surface area contributed by atoms with E-state index in [4.69, 9.17) is 11.5 Å². The predicted molar refractivity (Wildman–Crippen MR) is 137 cm³/mol. The van der Waals surface area contributed by atoms with Crippen LogP contribution >= 0.6 is 0 Å². The minimum Gasteiger partial charge on any atom is -0.369 e. The molecule has 0 radical (unpaired) electrons. The quantitative estimate of drug-likeness (QED) is 0.325. The molecule has 0 aliphatic carbocycles. The van der Waals surface area contributed by atoms with E-state index >= 15 is 0 Å². The lowest BCUT2D eigenvalue weighted by molar-refractivity contribution is -0.136. The van der Waals surface area contributed by atoms with E-state index in [0.717, 1.165) is 5.56 Å². The molecular weight excluding hydrogens is 458 g/mol. The van der Waals surface area contributed by atoms with Gasteiger partial charge in [-0.2, -0.15) is 0 Å². The fraction of sp³-hybridized carbons (Fsp3) is 0.407. The van der Waals surface area contributed by atoms with Gasteiger partial charge in [-0.1, -0.05) is 48.5 Å². The summed E-state index contributed by atoms with van der Waals surface area (Å²) in [7, 11) is 0. The highest BCUT2D eigenvalue weighted by molar-refractivity contribution is 5.98. The molecule has 6 N–H and O–H groups in total. The Balaban J connectivity index is 1.76. The molecule has 2 aromatic rings. The number of carbonyl (C=O) groups excluding carboxylic acids is 4. The molecule has 1 saturated heterocycles. The molecule has 192 valence electrons. The van der Waals surface area contributed by atoms with E-state index in [-0.39, 0.29) is 30.7 Å². The molecule has 3 atom stereocenters. The van der Waals surface area contributed by atoms with Crippen LogP contribution in [0.5, 0.6) is 0 Å². The molecule has 4 amide bonds. The van der Waals surface area contributed by atoms with E-state index in [1.165, 1.54) is 0 Å². The highest BCUT2D eigenvalue weighted by Gasteiger charge is 2.34. The number of likely N-dealkylation sites (tertiary alicyclic amines) is 1. The molecule has 0 spiro atoms. The SMILES string of the molecule is NCCCC[C@H](NC(=O)[C@H](Cc1ccccc1)NC(=O)c1ccccc1)C(=O)N1CCC(C(N)=O)C1. The summed E-state index contributed by atoms with van der Waals surface area (Å²) in [4.78, 5) is 52.8. The average molecular weight is 494 g/mol. The van der Waals surface area contributed by atoms with Gasteiger partial charge >= 0.3 is 0 Å². The first-order valence-corrected chi connectivity index (χ1v) is 12.4. The van der Waals surface area contributed by atoms with Crippen molar-refractivity contribution in [2.75, 3.05) is 19.6 Å². The summed E-state index contributed by atoms with van der Waals surface area (Å²) < 4.78 is 0. The average Bonchev–Trinajstić information content (AvgIpc) is 3.39. The van der Waals surface area contributed by atoms with Gasteiger partial charge in [0.1, 0.15) is 12.1 Å². The predicted octanol–water partition coefficient (Wildman–Crippen LogP) is 0.975. The zero-order chi connectivity index (χ0) is 25.9. The molecule has 1 fully saturated rings. The number of primary amides is 1. The first-order valence-electron chi connectivity index (χ1n) is 12.4. The first-order chi connectivity index (χ1) is 17.4. The number of hydrogen-bond donors (Lipinski definition) is 4. The van der Waals surface area contributed by atoms with Crippen LogP contribution < -0.4 is 22.1 Å². The summed E-state index contributed by atoms with van der Waals surface area (Å²) >= 11 is 0. The van der Waals surface area contributed by atoms with Gasteiger partial charge in [-0.3, -0.25) is 19.2 Å². The molecule has 2 aromatic carbocycles. The molecular formula is C27H35N5O4. The second-order valence-corrected chi connectivity index (χ2v) is 9.10. The zero-order valence-corrected chi connectivity index (χ0v) is 20.4. The lowest BCUT2D eigenvalue weighted by Crippen LogP contribution is -2.55. The maximum atomic E-state index is 13.5. The number of hydrogen-bond acceptors (Lipinski definition) is 5. The fourth-order valence-corrected chi connectivity index (χ4v) is 4.33. The summed E-state index contributed by atoms with van der Waals surface area (Å²) in [5.74, 6) is -1.88. The summed E-state index contributed by atoms with van der Waals surface area (Å²) in [5.41, 5.74) is 12.4. The van der Waals surface area contributed by atoms with Crippen molar-refractivity contribution in [1.82, 2.24) is 15.5 Å². The van der Waals surface area contributed by atoms with Crippen molar-refractivity contribution in [2.24, 2.45) is 17.4 Å². The van der Waals surface area contributed by atoms with Gasteiger partial charge in [-0.25, -0.2) is 0 Å². The van der Waals surface area contributed by atoms with Gasteiger partial charge < -0.3 is 27.0 Å². The lowest BCUT2D eigenvalue weighted by Gasteiger charge is -2.27. The van der Waals surface area contributed by atoms with Crippen molar-refractivity contribution in [3.05, 3.63) is 71.8 Å². The van der Waals surface area contributed by atoms with E-state index in [1.54, 1.807) is 29.2 Å². The zero-order valence-electron chi connectivity index (χ0n) is 20.4. The van der Waals surface area contributed by atoms with Gasteiger partial charge in [0.15, 0.2) is 0 Å². The highest BCUT2D eigenvalue weighted by atomic mass is 16.2. The number of carbonyl (C=O) groups is 4. The third kappa shape index (κ3) is 7.64. The van der Waals surface area contributed by atoms with Crippen molar-refractivity contribution < 1.29 is 19.2 Å². The molecule has 36 heavy (non-hydrogen) atoms. The molecule has 1 aliphatic rings. The van der Waals surface area contributed by atoms with E-state index < -0.39 is 23.9 Å². The fourth-order valence-electron chi connectivity index (χ4n) is 4.33. The number of benzene rings is 2. The van der Waals surface area contributed by atoms with Gasteiger partial charge in [-0.15, -0.1) is 0 Å². The Morgan fingerprint density at radius 3 is 2.19 bits per heavy atom. The third-order valence-corrected chi connectivity index (χ3v) is 6.40. The van der Waals surface area contributed by atoms with Crippen LogP contribution in [0.2, 0.25) is 0 Å². The summed E-state index contributed by atoms with van der Waals surface area (Å²) in [6.45, 7) is 1.13. The lowest BCUT2D eigenvalue weighted by atomic mass is 10.0. The van der Waals surface area contributed by atoms with Crippen LogP contribution in [0.4, 0.5) is 0 Å². The van der Waals surface area contributed by atoms with Gasteiger partial charge in [0.05, 0.1) is 5.92 Å². The molecule has 9 heteroatoms. The van der Waals surface area contributed by atoms with Crippen LogP contribution in [0.1, 0.15) is 41.6 Å². The van der Waals surface area contributed by atoms with Crippen molar-refractivity contribution in [3.63, 3.8) is 0 Å². The Morgan fingerprint density at radius 1 is 0.917 bits per heavy atom. The van der Waals surface area contributed by atoms with Crippen molar-refractivity contribution in [3.8, 4) is 0 Å². The standard InChI is InChI=1S/C27H35N5O4/c28-15-8-7-13-22(27(36)32-16-14-21(18-32)24(29)33)30-26(35)23(17-19-9-3-1-4-10-19)31-25(34)20-11-5-2-6-12-20/h1-6,9-12,21-23H,7-8,13-18,28H2,(H2,29,33)(H,30,35)(H,31,34)/t21?,22-,23-/m0/s1. The Labute approximate surface area is 211 Å². The summed E-state index contributed by atoms with van der Waals surface area (Å²) in [5, 5.41) is 5.70. The monoisotopic (exact) mass is 493 g/mol. The number of amides is 4. The number of nitrogens with one attached hydrogen (secondary N) is 2. The van der Waals surface area contributed by atoms with Crippen molar-refractivity contribution in [1.29, 1.82) is 0 Å².